The highest BCUT2D eigenvalue weighted by Crippen LogP contribution is 2.29. The number of aromatic nitrogens is 2. The Bertz CT molecular complexity index is 1040. The maximum absolute atomic E-state index is 12.9. The first-order valence-corrected chi connectivity index (χ1v) is 10.7. The van der Waals surface area contributed by atoms with Crippen LogP contribution >= 0.6 is 23.4 Å². The van der Waals surface area contributed by atoms with E-state index in [4.69, 9.17) is 25.5 Å². The van der Waals surface area contributed by atoms with Gasteiger partial charge in [-0.1, -0.05) is 35.5 Å². The summed E-state index contributed by atoms with van der Waals surface area (Å²) in [5.74, 6) is 0.0603. The standard InChI is InChI=1S/C21H20ClN3O5S/c1-3-29-19(27)12-25(14-8-10-15(28-2)11-9-14)18(26)13-31-21-24-23-20(30-21)16-6-4-5-7-17(16)22/h4-11H,3,12-13H2,1-2H3. The second-order valence-corrected chi connectivity index (χ2v) is 7.46. The van der Waals surface area contributed by atoms with Crippen molar-refractivity contribution in [2.75, 3.05) is 30.9 Å². The number of hydrogen-bond donors (Lipinski definition) is 0. The number of carbonyl (C=O) groups excluding carboxylic acids is 2. The summed E-state index contributed by atoms with van der Waals surface area (Å²) in [5, 5.41) is 8.65. The summed E-state index contributed by atoms with van der Waals surface area (Å²) in [5.41, 5.74) is 1.15. The van der Waals surface area contributed by atoms with Crippen LogP contribution in [0.4, 0.5) is 5.69 Å². The maximum Gasteiger partial charge on any atom is 0.326 e. The van der Waals surface area contributed by atoms with Gasteiger partial charge in [0.05, 0.1) is 30.1 Å². The zero-order valence-corrected chi connectivity index (χ0v) is 18.5. The minimum absolute atomic E-state index is 0.0183. The van der Waals surface area contributed by atoms with E-state index in [9.17, 15) is 9.59 Å². The molecule has 0 fully saturated rings. The summed E-state index contributed by atoms with van der Waals surface area (Å²) < 4.78 is 15.8. The summed E-state index contributed by atoms with van der Waals surface area (Å²) in [6.45, 7) is 1.72. The Hall–Kier alpha value is -3.04. The van der Waals surface area contributed by atoms with Crippen LogP contribution in [0.2, 0.25) is 5.02 Å². The fraction of sp³-hybridized carbons (Fsp3) is 0.238. The number of hydrogen-bond acceptors (Lipinski definition) is 8. The van der Waals surface area contributed by atoms with Gasteiger partial charge in [0.1, 0.15) is 12.3 Å². The highest BCUT2D eigenvalue weighted by Gasteiger charge is 2.21. The van der Waals surface area contributed by atoms with E-state index in [0.29, 0.717) is 22.0 Å². The van der Waals surface area contributed by atoms with Crippen LogP contribution in [0.5, 0.6) is 5.75 Å². The van der Waals surface area contributed by atoms with Crippen molar-refractivity contribution < 1.29 is 23.5 Å². The van der Waals surface area contributed by atoms with Crippen molar-refractivity contribution in [3.05, 3.63) is 53.6 Å². The van der Waals surface area contributed by atoms with Gasteiger partial charge in [-0.15, -0.1) is 10.2 Å². The molecule has 0 spiro atoms. The summed E-state index contributed by atoms with van der Waals surface area (Å²) >= 11 is 7.22. The summed E-state index contributed by atoms with van der Waals surface area (Å²) in [6, 6.07) is 13.9. The number of benzene rings is 2. The summed E-state index contributed by atoms with van der Waals surface area (Å²) in [4.78, 5) is 26.3. The summed E-state index contributed by atoms with van der Waals surface area (Å²) in [7, 11) is 1.55. The summed E-state index contributed by atoms with van der Waals surface area (Å²) in [6.07, 6.45) is 0. The Morgan fingerprint density at radius 2 is 1.87 bits per heavy atom. The lowest BCUT2D eigenvalue weighted by atomic mass is 10.2. The Morgan fingerprint density at radius 3 is 2.55 bits per heavy atom. The number of amides is 1. The molecule has 3 aromatic rings. The number of thioether (sulfide) groups is 1. The molecule has 10 heteroatoms. The van der Waals surface area contributed by atoms with Crippen LogP contribution in [0, 0.1) is 0 Å². The Balaban J connectivity index is 1.71. The highest BCUT2D eigenvalue weighted by molar-refractivity contribution is 7.99. The molecule has 0 unspecified atom stereocenters. The zero-order chi connectivity index (χ0) is 22.2. The van der Waals surface area contributed by atoms with Crippen molar-refractivity contribution in [3.8, 4) is 17.2 Å². The lowest BCUT2D eigenvalue weighted by Gasteiger charge is -2.21. The van der Waals surface area contributed by atoms with Gasteiger partial charge in [-0.25, -0.2) is 0 Å². The molecule has 1 aromatic heterocycles. The number of nitrogens with zero attached hydrogens (tertiary/aromatic N) is 3. The van der Waals surface area contributed by atoms with Crippen LogP contribution < -0.4 is 9.64 Å². The fourth-order valence-electron chi connectivity index (χ4n) is 2.63. The monoisotopic (exact) mass is 461 g/mol. The smallest absolute Gasteiger partial charge is 0.326 e. The van der Waals surface area contributed by atoms with Crippen molar-refractivity contribution in [2.45, 2.75) is 12.1 Å². The fourth-order valence-corrected chi connectivity index (χ4v) is 3.49. The van der Waals surface area contributed by atoms with E-state index in [2.05, 4.69) is 10.2 Å². The van der Waals surface area contributed by atoms with Crippen LogP contribution in [-0.2, 0) is 14.3 Å². The Kier molecular flexibility index (Phi) is 7.91. The number of methoxy groups -OCH3 is 1. The number of esters is 1. The topological polar surface area (TPSA) is 94.8 Å². The molecule has 0 aliphatic heterocycles. The molecule has 0 aliphatic carbocycles. The van der Waals surface area contributed by atoms with Crippen molar-refractivity contribution in [1.82, 2.24) is 10.2 Å². The maximum atomic E-state index is 12.9. The molecule has 31 heavy (non-hydrogen) atoms. The van der Waals surface area contributed by atoms with Gasteiger partial charge < -0.3 is 18.8 Å². The van der Waals surface area contributed by atoms with Gasteiger partial charge in [0.2, 0.25) is 11.8 Å². The number of rotatable bonds is 9. The molecule has 0 saturated heterocycles. The van der Waals surface area contributed by atoms with Crippen molar-refractivity contribution in [1.29, 1.82) is 0 Å². The molecule has 0 atom stereocenters. The quantitative estimate of drug-likeness (QED) is 0.347. The third-order valence-electron chi connectivity index (χ3n) is 4.11. The van der Waals surface area contributed by atoms with Crippen molar-refractivity contribution >= 4 is 40.9 Å². The molecule has 1 amide bonds. The minimum Gasteiger partial charge on any atom is -0.497 e. The molecule has 1 heterocycles. The second kappa shape index (κ2) is 10.8. The molecular formula is C21H20ClN3O5S. The normalized spacial score (nSPS) is 10.5. The van der Waals surface area contributed by atoms with Crippen LogP contribution in [0.3, 0.4) is 0 Å². The van der Waals surface area contributed by atoms with Crippen LogP contribution in [-0.4, -0.2) is 48.1 Å². The molecule has 0 saturated carbocycles. The SMILES string of the molecule is CCOC(=O)CN(C(=O)CSc1nnc(-c2ccccc2Cl)o1)c1ccc(OC)cc1. The van der Waals surface area contributed by atoms with Crippen molar-refractivity contribution in [2.24, 2.45) is 0 Å². The number of halogens is 1. The van der Waals surface area contributed by atoms with Gasteiger partial charge >= 0.3 is 5.97 Å². The van der Waals surface area contributed by atoms with E-state index >= 15 is 0 Å². The van der Waals surface area contributed by atoms with Crippen molar-refractivity contribution in [3.63, 3.8) is 0 Å². The van der Waals surface area contributed by atoms with Gasteiger partial charge in [-0.2, -0.15) is 0 Å². The average Bonchev–Trinajstić information content (AvgIpc) is 3.25. The molecule has 0 aliphatic rings. The van der Waals surface area contributed by atoms with E-state index in [1.807, 2.05) is 6.07 Å². The first-order valence-electron chi connectivity index (χ1n) is 9.33. The number of carbonyl (C=O) groups is 2. The van der Waals surface area contributed by atoms with Crippen LogP contribution in [0.15, 0.2) is 58.2 Å². The predicted molar refractivity (Wildman–Crippen MR) is 117 cm³/mol. The van der Waals surface area contributed by atoms with Gasteiger partial charge in [-0.3, -0.25) is 9.59 Å². The molecule has 2 aromatic carbocycles. The molecule has 162 valence electrons. The molecule has 0 radical (unpaired) electrons. The lowest BCUT2D eigenvalue weighted by molar-refractivity contribution is -0.142. The lowest BCUT2D eigenvalue weighted by Crippen LogP contribution is -2.37. The highest BCUT2D eigenvalue weighted by atomic mass is 35.5. The van der Waals surface area contributed by atoms with E-state index in [1.165, 1.54) is 4.90 Å². The first kappa shape index (κ1) is 22.6. The zero-order valence-electron chi connectivity index (χ0n) is 16.9. The third kappa shape index (κ3) is 5.99. The molecule has 8 nitrogen and oxygen atoms in total. The molecular weight excluding hydrogens is 442 g/mol. The Labute approximate surface area is 188 Å². The van der Waals surface area contributed by atoms with E-state index in [1.54, 1.807) is 56.5 Å². The molecule has 0 bridgehead atoms. The van der Waals surface area contributed by atoms with Gasteiger partial charge in [-0.05, 0) is 43.3 Å². The van der Waals surface area contributed by atoms with Crippen LogP contribution in [0.25, 0.3) is 11.5 Å². The van der Waals surface area contributed by atoms with Gasteiger partial charge in [0, 0.05) is 5.69 Å². The first-order chi connectivity index (χ1) is 15.0. The third-order valence-corrected chi connectivity index (χ3v) is 5.24. The van der Waals surface area contributed by atoms with E-state index < -0.39 is 5.97 Å². The van der Waals surface area contributed by atoms with E-state index in [-0.39, 0.29) is 35.9 Å². The van der Waals surface area contributed by atoms with Gasteiger partial charge in [0.15, 0.2) is 0 Å². The number of anilines is 1. The Morgan fingerprint density at radius 1 is 1.13 bits per heavy atom. The molecule has 0 N–H and O–H groups in total. The largest absolute Gasteiger partial charge is 0.497 e. The second-order valence-electron chi connectivity index (χ2n) is 6.12. The minimum atomic E-state index is -0.504. The van der Waals surface area contributed by atoms with Gasteiger partial charge in [0.25, 0.3) is 5.22 Å². The average molecular weight is 462 g/mol. The van der Waals surface area contributed by atoms with E-state index in [0.717, 1.165) is 11.8 Å². The van der Waals surface area contributed by atoms with Crippen LogP contribution in [0.1, 0.15) is 6.92 Å². The predicted octanol–water partition coefficient (Wildman–Crippen LogP) is 4.09. The number of ether oxygens (including phenoxy) is 2. The molecule has 3 rings (SSSR count).